The summed E-state index contributed by atoms with van der Waals surface area (Å²) < 4.78 is 42.4. The van der Waals surface area contributed by atoms with Crippen LogP contribution in [0.5, 0.6) is 0 Å². The van der Waals surface area contributed by atoms with Crippen molar-refractivity contribution in [3.63, 3.8) is 0 Å². The van der Waals surface area contributed by atoms with E-state index in [-0.39, 0.29) is 21.6 Å². The van der Waals surface area contributed by atoms with Crippen LogP contribution in [0.1, 0.15) is 0 Å². The lowest BCUT2D eigenvalue weighted by Crippen LogP contribution is -2.12. The fourth-order valence-corrected chi connectivity index (χ4v) is 3.54. The third-order valence-electron chi connectivity index (χ3n) is 4.38. The van der Waals surface area contributed by atoms with Crippen LogP contribution in [0, 0.1) is 5.82 Å². The first kappa shape index (κ1) is 18.1. The molecule has 0 unspecified atom stereocenters. The normalized spacial score (nSPS) is 11.6. The van der Waals surface area contributed by atoms with Crippen LogP contribution < -0.4 is 10.6 Å². The van der Waals surface area contributed by atoms with Crippen molar-refractivity contribution in [2.24, 2.45) is 5.14 Å². The summed E-state index contributed by atoms with van der Waals surface area (Å²) in [6.45, 7) is 0. The quantitative estimate of drug-likeness (QED) is 0.569. The summed E-state index contributed by atoms with van der Waals surface area (Å²) in [5.41, 5.74) is 1.38. The van der Waals surface area contributed by atoms with Crippen LogP contribution in [0.15, 0.2) is 86.9 Å². The summed E-state index contributed by atoms with van der Waals surface area (Å²) >= 11 is 0. The molecule has 0 amide bonds. The van der Waals surface area contributed by atoms with Gasteiger partial charge < -0.3 is 4.42 Å². The Morgan fingerprint density at radius 3 is 2.07 bits per heavy atom. The SMILES string of the molecule is NS(=O)(=O)c1ccc(-c2oc3ccccc3c(=O)c2-c2ccc(F)cc2)cc1. The summed E-state index contributed by atoms with van der Waals surface area (Å²) in [6.07, 6.45) is 0. The minimum absolute atomic E-state index is 0.0530. The molecule has 2 N–H and O–H groups in total. The van der Waals surface area contributed by atoms with Crippen molar-refractivity contribution in [2.45, 2.75) is 4.90 Å². The summed E-state index contributed by atoms with van der Waals surface area (Å²) in [5.74, 6) is -0.163. The lowest BCUT2D eigenvalue weighted by Gasteiger charge is -2.11. The topological polar surface area (TPSA) is 90.4 Å². The number of rotatable bonds is 3. The van der Waals surface area contributed by atoms with Gasteiger partial charge in [0.2, 0.25) is 15.5 Å². The molecule has 0 fully saturated rings. The van der Waals surface area contributed by atoms with Gasteiger partial charge in [-0.25, -0.2) is 17.9 Å². The van der Waals surface area contributed by atoms with Crippen molar-refractivity contribution >= 4 is 21.0 Å². The molecule has 28 heavy (non-hydrogen) atoms. The van der Waals surface area contributed by atoms with Crippen molar-refractivity contribution in [3.05, 3.63) is 88.8 Å². The lowest BCUT2D eigenvalue weighted by atomic mass is 9.98. The van der Waals surface area contributed by atoms with Gasteiger partial charge >= 0.3 is 0 Å². The first-order valence-electron chi connectivity index (χ1n) is 8.29. The number of para-hydroxylation sites is 1. The Morgan fingerprint density at radius 1 is 0.821 bits per heavy atom. The molecule has 0 aliphatic carbocycles. The lowest BCUT2D eigenvalue weighted by molar-refractivity contribution is 0.597. The van der Waals surface area contributed by atoms with Crippen LogP contribution in [-0.4, -0.2) is 8.42 Å². The van der Waals surface area contributed by atoms with Gasteiger partial charge in [0.25, 0.3) is 0 Å². The molecule has 1 heterocycles. The molecule has 4 rings (SSSR count). The first-order valence-corrected chi connectivity index (χ1v) is 9.84. The molecule has 0 saturated carbocycles. The number of hydrogen-bond donors (Lipinski definition) is 1. The van der Waals surface area contributed by atoms with Gasteiger partial charge in [0.05, 0.1) is 15.8 Å². The van der Waals surface area contributed by atoms with E-state index in [1.807, 2.05) is 0 Å². The highest BCUT2D eigenvalue weighted by molar-refractivity contribution is 7.89. The molecule has 0 aliphatic rings. The standard InChI is InChI=1S/C21H14FNO4S/c22-15-9-5-13(6-10-15)19-20(24)17-3-1-2-4-18(17)27-21(19)14-7-11-16(12-8-14)28(23,25)26/h1-12H,(H2,23,25,26). The van der Waals surface area contributed by atoms with Crippen LogP contribution in [-0.2, 0) is 10.0 Å². The summed E-state index contributed by atoms with van der Waals surface area (Å²) in [5, 5.41) is 5.54. The molecule has 0 aliphatic heterocycles. The van der Waals surface area contributed by atoms with Crippen molar-refractivity contribution in [2.75, 3.05) is 0 Å². The molecule has 0 atom stereocenters. The number of benzene rings is 3. The van der Waals surface area contributed by atoms with E-state index < -0.39 is 15.8 Å². The van der Waals surface area contributed by atoms with E-state index in [0.29, 0.717) is 22.1 Å². The summed E-state index contributed by atoms with van der Waals surface area (Å²) in [7, 11) is -3.85. The van der Waals surface area contributed by atoms with Gasteiger partial charge in [0.1, 0.15) is 17.2 Å². The molecule has 0 radical (unpaired) electrons. The second kappa shape index (κ2) is 6.70. The first-order chi connectivity index (χ1) is 13.3. The van der Waals surface area contributed by atoms with Gasteiger partial charge in [-0.2, -0.15) is 0 Å². The minimum Gasteiger partial charge on any atom is -0.455 e. The maximum Gasteiger partial charge on any atom is 0.238 e. The Balaban J connectivity index is 2.03. The van der Waals surface area contributed by atoms with Crippen LogP contribution in [0.25, 0.3) is 33.4 Å². The Kier molecular flexibility index (Phi) is 4.33. The summed E-state index contributed by atoms with van der Waals surface area (Å²) in [4.78, 5) is 13.1. The number of nitrogens with two attached hydrogens (primary N) is 1. The zero-order valence-corrected chi connectivity index (χ0v) is 15.2. The van der Waals surface area contributed by atoms with Gasteiger partial charge in [-0.1, -0.05) is 24.3 Å². The molecule has 0 saturated heterocycles. The maximum atomic E-state index is 13.4. The predicted octanol–water partition coefficient (Wildman–Crippen LogP) is 3.91. The van der Waals surface area contributed by atoms with E-state index in [2.05, 4.69) is 0 Å². The average molecular weight is 395 g/mol. The van der Waals surface area contributed by atoms with Crippen molar-refractivity contribution < 1.29 is 17.2 Å². The molecule has 0 bridgehead atoms. The van der Waals surface area contributed by atoms with E-state index in [9.17, 15) is 17.6 Å². The fourth-order valence-electron chi connectivity index (χ4n) is 3.02. The number of primary sulfonamides is 1. The highest BCUT2D eigenvalue weighted by atomic mass is 32.2. The predicted molar refractivity (Wildman–Crippen MR) is 105 cm³/mol. The van der Waals surface area contributed by atoms with Crippen molar-refractivity contribution in [3.8, 4) is 22.5 Å². The Labute approximate surface area is 159 Å². The molecule has 1 aromatic heterocycles. The van der Waals surface area contributed by atoms with E-state index in [1.165, 1.54) is 48.5 Å². The van der Waals surface area contributed by atoms with E-state index in [0.717, 1.165) is 0 Å². The molecule has 5 nitrogen and oxygen atoms in total. The second-order valence-corrected chi connectivity index (χ2v) is 7.77. The third kappa shape index (κ3) is 3.21. The second-order valence-electron chi connectivity index (χ2n) is 6.21. The third-order valence-corrected chi connectivity index (χ3v) is 5.30. The van der Waals surface area contributed by atoms with Gasteiger partial charge in [-0.3, -0.25) is 4.79 Å². The van der Waals surface area contributed by atoms with Gasteiger partial charge in [-0.05, 0) is 54.1 Å². The molecule has 3 aromatic carbocycles. The smallest absolute Gasteiger partial charge is 0.238 e. The van der Waals surface area contributed by atoms with Crippen LogP contribution in [0.3, 0.4) is 0 Å². The zero-order chi connectivity index (χ0) is 19.9. The number of hydrogen-bond acceptors (Lipinski definition) is 4. The molecule has 0 spiro atoms. The fraction of sp³-hybridized carbons (Fsp3) is 0. The van der Waals surface area contributed by atoms with Crippen molar-refractivity contribution in [1.29, 1.82) is 0 Å². The number of fused-ring (bicyclic) bond motifs is 1. The number of halogens is 1. The maximum absolute atomic E-state index is 13.4. The van der Waals surface area contributed by atoms with Crippen molar-refractivity contribution in [1.82, 2.24) is 0 Å². The van der Waals surface area contributed by atoms with Gasteiger partial charge in [-0.15, -0.1) is 0 Å². The Hall–Kier alpha value is -3.29. The summed E-state index contributed by atoms with van der Waals surface area (Å²) in [6, 6.07) is 18.0. The highest BCUT2D eigenvalue weighted by Gasteiger charge is 2.18. The zero-order valence-electron chi connectivity index (χ0n) is 14.4. The van der Waals surface area contributed by atoms with Crippen LogP contribution in [0.4, 0.5) is 4.39 Å². The van der Waals surface area contributed by atoms with E-state index in [1.54, 1.807) is 24.3 Å². The van der Waals surface area contributed by atoms with E-state index >= 15 is 0 Å². The monoisotopic (exact) mass is 395 g/mol. The van der Waals surface area contributed by atoms with Crippen LogP contribution >= 0.6 is 0 Å². The molecule has 140 valence electrons. The average Bonchev–Trinajstić information content (AvgIpc) is 2.68. The van der Waals surface area contributed by atoms with E-state index in [4.69, 9.17) is 9.56 Å². The Bertz CT molecular complexity index is 1340. The van der Waals surface area contributed by atoms with Crippen LogP contribution in [0.2, 0.25) is 0 Å². The van der Waals surface area contributed by atoms with Gasteiger partial charge in [0.15, 0.2) is 0 Å². The molecule has 7 heteroatoms. The largest absolute Gasteiger partial charge is 0.455 e. The molecule has 4 aromatic rings. The minimum atomic E-state index is -3.85. The molecular formula is C21H14FNO4S. The molecular weight excluding hydrogens is 381 g/mol. The van der Waals surface area contributed by atoms with Gasteiger partial charge in [0, 0.05) is 5.56 Å². The number of sulfonamides is 1. The highest BCUT2D eigenvalue weighted by Crippen LogP contribution is 2.33. The Morgan fingerprint density at radius 2 is 1.43 bits per heavy atom.